The Morgan fingerprint density at radius 2 is 1.62 bits per heavy atom. The Morgan fingerprint density at radius 1 is 0.949 bits per heavy atom. The Morgan fingerprint density at radius 3 is 2.26 bits per heavy atom. The van der Waals surface area contributed by atoms with Crippen molar-refractivity contribution in [3.05, 3.63) is 89.4 Å². The minimum atomic E-state index is -4.18. The Kier molecular flexibility index (Phi) is 10.4. The molecule has 10 heteroatoms. The highest BCUT2D eigenvalue weighted by atomic mass is 35.5. The molecule has 1 atom stereocenters. The molecule has 0 unspecified atom stereocenters. The summed E-state index contributed by atoms with van der Waals surface area (Å²) in [7, 11) is -4.18. The van der Waals surface area contributed by atoms with Gasteiger partial charge in [-0.2, -0.15) is 0 Å². The maximum absolute atomic E-state index is 14.0. The first-order valence-corrected chi connectivity index (χ1v) is 14.5. The molecule has 8 nitrogen and oxygen atoms in total. The van der Waals surface area contributed by atoms with Gasteiger partial charge >= 0.3 is 0 Å². The summed E-state index contributed by atoms with van der Waals surface area (Å²) in [5.41, 5.74) is 0.922. The summed E-state index contributed by atoms with van der Waals surface area (Å²) in [4.78, 5) is 28.3. The number of benzene rings is 3. The number of carbonyl (C=O) groups excluding carboxylic acids is 2. The van der Waals surface area contributed by atoms with Gasteiger partial charge in [-0.15, -0.1) is 0 Å². The predicted octanol–water partition coefficient (Wildman–Crippen LogP) is 4.88. The lowest BCUT2D eigenvalue weighted by molar-refractivity contribution is -0.139. The molecule has 3 rings (SSSR count). The molecule has 0 bridgehead atoms. The van der Waals surface area contributed by atoms with E-state index in [2.05, 4.69) is 5.32 Å². The SMILES string of the molecule is CCOc1ccccc1N(CC(=O)N(Cc1cccc(Cl)c1)[C@@H](C)C(=O)NC(C)C)S(=O)(=O)c1ccccc1. The summed E-state index contributed by atoms with van der Waals surface area (Å²) < 4.78 is 34.6. The van der Waals surface area contributed by atoms with Crippen LogP contribution in [0.3, 0.4) is 0 Å². The van der Waals surface area contributed by atoms with E-state index in [9.17, 15) is 18.0 Å². The number of nitrogens with one attached hydrogen (secondary N) is 1. The van der Waals surface area contributed by atoms with E-state index in [1.54, 1.807) is 80.6 Å². The lowest BCUT2D eigenvalue weighted by Crippen LogP contribution is -2.52. The van der Waals surface area contributed by atoms with Crippen LogP contribution in [0.1, 0.15) is 33.3 Å². The van der Waals surface area contributed by atoms with Crippen molar-refractivity contribution in [2.24, 2.45) is 0 Å². The average molecular weight is 572 g/mol. The largest absolute Gasteiger partial charge is 0.492 e. The van der Waals surface area contributed by atoms with Gasteiger partial charge in [0, 0.05) is 17.6 Å². The number of ether oxygens (including phenoxy) is 1. The first kappa shape index (κ1) is 30.0. The first-order chi connectivity index (χ1) is 18.5. The van der Waals surface area contributed by atoms with Crippen LogP contribution < -0.4 is 14.4 Å². The van der Waals surface area contributed by atoms with Gasteiger partial charge in [-0.3, -0.25) is 13.9 Å². The van der Waals surface area contributed by atoms with Gasteiger partial charge in [0.15, 0.2) is 0 Å². The number of sulfonamides is 1. The Bertz CT molecular complexity index is 1380. The smallest absolute Gasteiger partial charge is 0.264 e. The van der Waals surface area contributed by atoms with Crippen LogP contribution in [-0.4, -0.2) is 50.4 Å². The summed E-state index contributed by atoms with van der Waals surface area (Å²) >= 11 is 6.17. The van der Waals surface area contributed by atoms with Gasteiger partial charge in [0.05, 0.1) is 17.2 Å². The van der Waals surface area contributed by atoms with E-state index < -0.39 is 28.5 Å². The molecule has 0 aliphatic rings. The molecule has 208 valence electrons. The molecule has 0 aliphatic heterocycles. The van der Waals surface area contributed by atoms with Crippen LogP contribution in [0.4, 0.5) is 5.69 Å². The van der Waals surface area contributed by atoms with E-state index in [0.29, 0.717) is 22.9 Å². The summed E-state index contributed by atoms with van der Waals surface area (Å²) in [5.74, 6) is -0.598. The number of amides is 2. The van der Waals surface area contributed by atoms with E-state index in [1.165, 1.54) is 17.0 Å². The number of anilines is 1. The molecule has 0 spiro atoms. The zero-order chi connectivity index (χ0) is 28.6. The Labute approximate surface area is 235 Å². The first-order valence-electron chi connectivity index (χ1n) is 12.7. The van der Waals surface area contributed by atoms with E-state index in [1.807, 2.05) is 13.8 Å². The molecule has 0 heterocycles. The number of nitrogens with zero attached hydrogens (tertiary/aromatic N) is 2. The normalized spacial score (nSPS) is 12.1. The van der Waals surface area contributed by atoms with Crippen molar-refractivity contribution in [3.63, 3.8) is 0 Å². The third kappa shape index (κ3) is 7.74. The minimum Gasteiger partial charge on any atom is -0.492 e. The van der Waals surface area contributed by atoms with E-state index in [0.717, 1.165) is 4.31 Å². The zero-order valence-corrected chi connectivity index (χ0v) is 24.1. The highest BCUT2D eigenvalue weighted by molar-refractivity contribution is 7.92. The topological polar surface area (TPSA) is 96.0 Å². The fourth-order valence-electron chi connectivity index (χ4n) is 3.99. The lowest BCUT2D eigenvalue weighted by atomic mass is 10.1. The van der Waals surface area contributed by atoms with Crippen molar-refractivity contribution in [2.45, 2.75) is 51.2 Å². The molecule has 0 aromatic heterocycles. The van der Waals surface area contributed by atoms with Gasteiger partial charge in [0.25, 0.3) is 10.0 Å². The number of carbonyl (C=O) groups is 2. The van der Waals surface area contributed by atoms with Crippen LogP contribution in [0.15, 0.2) is 83.8 Å². The van der Waals surface area contributed by atoms with Gasteiger partial charge in [-0.1, -0.05) is 54.1 Å². The third-order valence-corrected chi connectivity index (χ3v) is 7.89. The average Bonchev–Trinajstić information content (AvgIpc) is 2.90. The second-order valence-corrected chi connectivity index (χ2v) is 11.5. The van der Waals surface area contributed by atoms with Crippen LogP contribution >= 0.6 is 11.6 Å². The molecule has 0 fully saturated rings. The van der Waals surface area contributed by atoms with Crippen LogP contribution in [0, 0.1) is 0 Å². The third-order valence-electron chi connectivity index (χ3n) is 5.88. The highest BCUT2D eigenvalue weighted by Gasteiger charge is 2.33. The maximum atomic E-state index is 14.0. The number of rotatable bonds is 12. The summed E-state index contributed by atoms with van der Waals surface area (Å²) in [6.45, 7) is 6.86. The zero-order valence-electron chi connectivity index (χ0n) is 22.5. The van der Waals surface area contributed by atoms with Gasteiger partial charge in [-0.05, 0) is 69.7 Å². The molecule has 0 saturated carbocycles. The van der Waals surface area contributed by atoms with Crippen molar-refractivity contribution in [2.75, 3.05) is 17.5 Å². The summed E-state index contributed by atoms with van der Waals surface area (Å²) in [5, 5.41) is 3.32. The van der Waals surface area contributed by atoms with Crippen molar-refractivity contribution in [3.8, 4) is 5.75 Å². The van der Waals surface area contributed by atoms with Crippen LogP contribution in [0.5, 0.6) is 5.75 Å². The predicted molar refractivity (Wildman–Crippen MR) is 153 cm³/mol. The molecular formula is C29H34ClN3O5S. The summed E-state index contributed by atoms with van der Waals surface area (Å²) in [6.07, 6.45) is 0. The minimum absolute atomic E-state index is 0.0242. The number of para-hydroxylation sites is 2. The van der Waals surface area contributed by atoms with E-state index in [-0.39, 0.29) is 29.1 Å². The fourth-order valence-corrected chi connectivity index (χ4v) is 5.65. The number of hydrogen-bond donors (Lipinski definition) is 1. The monoisotopic (exact) mass is 571 g/mol. The van der Waals surface area contributed by atoms with Gasteiger partial charge in [0.1, 0.15) is 18.3 Å². The lowest BCUT2D eigenvalue weighted by Gasteiger charge is -2.32. The molecule has 0 saturated heterocycles. The Hall–Kier alpha value is -3.56. The van der Waals surface area contributed by atoms with Crippen LogP contribution in [-0.2, 0) is 26.2 Å². The van der Waals surface area contributed by atoms with Gasteiger partial charge < -0.3 is 15.0 Å². The molecule has 0 aliphatic carbocycles. The Balaban J connectivity index is 2.07. The van der Waals surface area contributed by atoms with E-state index >= 15 is 0 Å². The second kappa shape index (κ2) is 13.5. The molecule has 0 radical (unpaired) electrons. The van der Waals surface area contributed by atoms with Gasteiger partial charge in [-0.25, -0.2) is 8.42 Å². The molecule has 39 heavy (non-hydrogen) atoms. The maximum Gasteiger partial charge on any atom is 0.264 e. The number of halogens is 1. The standard InChI is InChI=1S/C29H34ClN3O5S/c1-5-38-27-17-10-9-16-26(27)33(39(36,37)25-14-7-6-8-15-25)20-28(34)32(22(4)29(35)31-21(2)3)19-23-12-11-13-24(30)18-23/h6-18,21-22H,5,19-20H2,1-4H3,(H,31,35)/t22-/m0/s1. The van der Waals surface area contributed by atoms with Crippen molar-refractivity contribution < 1.29 is 22.7 Å². The van der Waals surface area contributed by atoms with Gasteiger partial charge in [0.2, 0.25) is 11.8 Å². The summed E-state index contributed by atoms with van der Waals surface area (Å²) in [6, 6.07) is 20.5. The van der Waals surface area contributed by atoms with Crippen molar-refractivity contribution >= 4 is 39.1 Å². The molecule has 2 amide bonds. The van der Waals surface area contributed by atoms with Crippen LogP contribution in [0.25, 0.3) is 0 Å². The molecular weight excluding hydrogens is 538 g/mol. The number of hydrogen-bond acceptors (Lipinski definition) is 5. The van der Waals surface area contributed by atoms with Crippen molar-refractivity contribution in [1.29, 1.82) is 0 Å². The highest BCUT2D eigenvalue weighted by Crippen LogP contribution is 2.33. The second-order valence-electron chi connectivity index (χ2n) is 9.22. The van der Waals surface area contributed by atoms with Crippen LogP contribution in [0.2, 0.25) is 5.02 Å². The quantitative estimate of drug-likeness (QED) is 0.334. The molecule has 1 N–H and O–H groups in total. The van der Waals surface area contributed by atoms with Crippen molar-refractivity contribution in [1.82, 2.24) is 10.2 Å². The fraction of sp³-hybridized carbons (Fsp3) is 0.310. The molecule has 3 aromatic rings. The van der Waals surface area contributed by atoms with E-state index in [4.69, 9.17) is 16.3 Å². The molecule has 3 aromatic carbocycles.